The molecule has 0 spiro atoms. The molecule has 0 aromatic heterocycles. The van der Waals surface area contributed by atoms with E-state index >= 15 is 0 Å². The molecule has 1 aliphatic heterocycles. The van der Waals surface area contributed by atoms with E-state index in [0.29, 0.717) is 0 Å². The molecule has 1 nitrogen and oxygen atoms in total. The van der Waals surface area contributed by atoms with Gasteiger partial charge in [0.15, 0.2) is 0 Å². The second kappa shape index (κ2) is 10.8. The second-order valence-corrected chi connectivity index (χ2v) is 4.94. The quantitative estimate of drug-likeness (QED) is 0.670. The molecular weight excluding hydrogens is 202 g/mol. The largest absolute Gasteiger partial charge is 0.299 e. The van der Waals surface area contributed by atoms with Gasteiger partial charge in [-0.3, -0.25) is 4.90 Å². The molecule has 94 valence electrons. The fourth-order valence-corrected chi connectivity index (χ4v) is 3.16. The summed E-state index contributed by atoms with van der Waals surface area (Å²) in [6.45, 7) is 15.0. The van der Waals surface area contributed by atoms with Crippen LogP contribution in [-0.4, -0.2) is 35.5 Å². The zero-order valence-corrected chi connectivity index (χ0v) is 12.8. The van der Waals surface area contributed by atoms with Gasteiger partial charge in [-0.15, -0.1) is 0 Å². The predicted molar refractivity (Wildman–Crippen MR) is 75.9 cm³/mol. The second-order valence-electron chi connectivity index (χ2n) is 3.86. The van der Waals surface area contributed by atoms with Crippen molar-refractivity contribution in [3.8, 4) is 0 Å². The fraction of sp³-hybridized carbons (Fsp3) is 1.00. The van der Waals surface area contributed by atoms with Crippen LogP contribution < -0.4 is 0 Å². The molecule has 2 atom stereocenters. The lowest BCUT2D eigenvalue weighted by Crippen LogP contribution is -2.47. The van der Waals surface area contributed by atoms with E-state index in [9.17, 15) is 0 Å². The fourth-order valence-electron chi connectivity index (χ4n) is 1.58. The molecule has 1 saturated heterocycles. The van der Waals surface area contributed by atoms with Crippen LogP contribution in [0, 0.1) is 5.92 Å². The first-order valence-corrected chi connectivity index (χ1v) is 7.58. The Labute approximate surface area is 102 Å². The normalized spacial score (nSPS) is 26.2. The van der Waals surface area contributed by atoms with Crippen molar-refractivity contribution in [1.29, 1.82) is 0 Å². The number of hydrogen-bond donors (Lipinski definition) is 0. The third-order valence-corrected chi connectivity index (χ3v) is 3.93. The molecule has 2 heteroatoms. The molecule has 2 unspecified atom stereocenters. The first-order valence-electron chi connectivity index (χ1n) is 6.42. The topological polar surface area (TPSA) is 3.24 Å². The Bertz CT molecular complexity index is 126. The summed E-state index contributed by atoms with van der Waals surface area (Å²) in [7, 11) is 2.26. The van der Waals surface area contributed by atoms with Crippen LogP contribution in [0.4, 0.5) is 0 Å². The standard InChI is InChI=1S/C9H19NS.2C2H6/c1-7(2)9-6-11-5-8(3)10(9)4;2*1-2/h7-9H,5-6H2,1-4H3;2*1-2H3. The van der Waals surface area contributed by atoms with E-state index in [4.69, 9.17) is 0 Å². The lowest BCUT2D eigenvalue weighted by molar-refractivity contribution is 0.167. The predicted octanol–water partition coefficient (Wildman–Crippen LogP) is 4.13. The molecule has 0 bridgehead atoms. The molecule has 0 N–H and O–H groups in total. The summed E-state index contributed by atoms with van der Waals surface area (Å²) in [5.74, 6) is 3.42. The highest BCUT2D eigenvalue weighted by Gasteiger charge is 2.26. The first kappa shape index (κ1) is 17.7. The lowest BCUT2D eigenvalue weighted by atomic mass is 10.0. The van der Waals surface area contributed by atoms with Crippen molar-refractivity contribution in [2.75, 3.05) is 18.6 Å². The highest BCUT2D eigenvalue weighted by atomic mass is 32.2. The van der Waals surface area contributed by atoms with Crippen molar-refractivity contribution in [2.24, 2.45) is 5.92 Å². The minimum Gasteiger partial charge on any atom is -0.299 e. The average Bonchev–Trinajstić information content (AvgIpc) is 2.27. The molecule has 15 heavy (non-hydrogen) atoms. The monoisotopic (exact) mass is 233 g/mol. The Kier molecular flexibility index (Phi) is 12.8. The van der Waals surface area contributed by atoms with Crippen LogP contribution in [0.1, 0.15) is 48.5 Å². The number of rotatable bonds is 1. The van der Waals surface area contributed by atoms with E-state index in [1.54, 1.807) is 0 Å². The third-order valence-electron chi connectivity index (χ3n) is 2.64. The Hall–Kier alpha value is 0.310. The number of nitrogens with zero attached hydrogens (tertiary/aromatic N) is 1. The minimum absolute atomic E-state index is 0.765. The van der Waals surface area contributed by atoms with E-state index in [0.717, 1.165) is 18.0 Å². The van der Waals surface area contributed by atoms with Gasteiger partial charge in [0.05, 0.1) is 0 Å². The Balaban J connectivity index is 0. The van der Waals surface area contributed by atoms with E-state index in [1.165, 1.54) is 11.5 Å². The zero-order valence-electron chi connectivity index (χ0n) is 12.0. The van der Waals surface area contributed by atoms with Crippen LogP contribution in [0.2, 0.25) is 0 Å². The first-order chi connectivity index (χ1) is 7.13. The van der Waals surface area contributed by atoms with Crippen LogP contribution in [0.3, 0.4) is 0 Å². The summed E-state index contributed by atoms with van der Waals surface area (Å²) in [5, 5.41) is 0. The van der Waals surface area contributed by atoms with E-state index < -0.39 is 0 Å². The molecule has 0 aromatic carbocycles. The molecule has 1 rings (SSSR count). The molecule has 1 heterocycles. The third kappa shape index (κ3) is 6.47. The van der Waals surface area contributed by atoms with Crippen LogP contribution in [0.5, 0.6) is 0 Å². The van der Waals surface area contributed by atoms with Crippen LogP contribution >= 0.6 is 11.8 Å². The highest BCUT2D eigenvalue weighted by Crippen LogP contribution is 2.24. The van der Waals surface area contributed by atoms with Crippen molar-refractivity contribution in [3.05, 3.63) is 0 Å². The van der Waals surface area contributed by atoms with Crippen LogP contribution in [-0.2, 0) is 0 Å². The van der Waals surface area contributed by atoms with Gasteiger partial charge in [-0.05, 0) is 19.9 Å². The smallest absolute Gasteiger partial charge is 0.0209 e. The van der Waals surface area contributed by atoms with Crippen molar-refractivity contribution >= 4 is 11.8 Å². The lowest BCUT2D eigenvalue weighted by Gasteiger charge is -2.39. The van der Waals surface area contributed by atoms with Gasteiger partial charge in [0.25, 0.3) is 0 Å². The summed E-state index contributed by atoms with van der Waals surface area (Å²) in [4.78, 5) is 2.53. The van der Waals surface area contributed by atoms with Crippen molar-refractivity contribution < 1.29 is 0 Å². The molecule has 1 aliphatic rings. The van der Waals surface area contributed by atoms with Crippen LogP contribution in [0.25, 0.3) is 0 Å². The van der Waals surface area contributed by atoms with Gasteiger partial charge in [-0.25, -0.2) is 0 Å². The summed E-state index contributed by atoms with van der Waals surface area (Å²) in [5.41, 5.74) is 0. The van der Waals surface area contributed by atoms with Crippen molar-refractivity contribution in [1.82, 2.24) is 4.90 Å². The minimum atomic E-state index is 0.765. The van der Waals surface area contributed by atoms with Gasteiger partial charge in [-0.1, -0.05) is 41.5 Å². The van der Waals surface area contributed by atoms with Crippen molar-refractivity contribution in [2.45, 2.75) is 60.5 Å². The van der Waals surface area contributed by atoms with Gasteiger partial charge in [0, 0.05) is 23.6 Å². The molecular formula is C13H31NS. The van der Waals surface area contributed by atoms with Gasteiger partial charge < -0.3 is 0 Å². The number of hydrogen-bond acceptors (Lipinski definition) is 2. The number of thioether (sulfide) groups is 1. The SMILES string of the molecule is CC.CC.CC(C)C1CSCC(C)N1C. The summed E-state index contributed by atoms with van der Waals surface area (Å²) in [6.07, 6.45) is 0. The molecule has 0 aromatic rings. The van der Waals surface area contributed by atoms with Gasteiger partial charge >= 0.3 is 0 Å². The Morgan fingerprint density at radius 1 is 1.07 bits per heavy atom. The zero-order chi connectivity index (χ0) is 12.4. The molecule has 0 amide bonds. The maximum Gasteiger partial charge on any atom is 0.0209 e. The van der Waals surface area contributed by atoms with E-state index in [-0.39, 0.29) is 0 Å². The maximum atomic E-state index is 2.53. The summed E-state index contributed by atoms with van der Waals surface area (Å²) >= 11 is 2.10. The summed E-state index contributed by atoms with van der Waals surface area (Å²) in [6, 6.07) is 1.56. The Morgan fingerprint density at radius 2 is 1.53 bits per heavy atom. The highest BCUT2D eigenvalue weighted by molar-refractivity contribution is 7.99. The Morgan fingerprint density at radius 3 is 1.87 bits per heavy atom. The van der Waals surface area contributed by atoms with E-state index in [2.05, 4.69) is 44.5 Å². The van der Waals surface area contributed by atoms with Gasteiger partial charge in [0.1, 0.15) is 0 Å². The average molecular weight is 233 g/mol. The van der Waals surface area contributed by atoms with Crippen molar-refractivity contribution in [3.63, 3.8) is 0 Å². The van der Waals surface area contributed by atoms with E-state index in [1.807, 2.05) is 27.7 Å². The van der Waals surface area contributed by atoms with Crippen LogP contribution in [0.15, 0.2) is 0 Å². The maximum absolute atomic E-state index is 2.53. The molecule has 0 aliphatic carbocycles. The molecule has 1 fully saturated rings. The summed E-state index contributed by atoms with van der Waals surface area (Å²) < 4.78 is 0. The molecule has 0 saturated carbocycles. The van der Waals surface area contributed by atoms with Gasteiger partial charge in [-0.2, -0.15) is 11.8 Å². The molecule has 0 radical (unpaired) electrons. The van der Waals surface area contributed by atoms with Gasteiger partial charge in [0.2, 0.25) is 0 Å².